The van der Waals surface area contributed by atoms with Crippen LogP contribution >= 0.6 is 0 Å². The third-order valence-corrected chi connectivity index (χ3v) is 4.19. The van der Waals surface area contributed by atoms with Gasteiger partial charge in [0.15, 0.2) is 0 Å². The van der Waals surface area contributed by atoms with Gasteiger partial charge in [-0.05, 0) is 37.1 Å². The Balaban J connectivity index is 1.55. The summed E-state index contributed by atoms with van der Waals surface area (Å²) in [5, 5.41) is 6.37. The van der Waals surface area contributed by atoms with Crippen LogP contribution in [0.5, 0.6) is 0 Å². The van der Waals surface area contributed by atoms with Gasteiger partial charge in [0.05, 0.1) is 5.56 Å². The average Bonchev–Trinajstić information content (AvgIpc) is 3.34. The molecule has 1 saturated carbocycles. The summed E-state index contributed by atoms with van der Waals surface area (Å²) in [5.74, 6) is 1.23. The van der Waals surface area contributed by atoms with Gasteiger partial charge in [-0.15, -0.1) is 0 Å². The van der Waals surface area contributed by atoms with Crippen LogP contribution in [0.15, 0.2) is 42.9 Å². The maximum absolute atomic E-state index is 11.5. The number of anilines is 3. The summed E-state index contributed by atoms with van der Waals surface area (Å²) in [7, 11) is 1.96. The molecule has 4 rings (SSSR count). The van der Waals surface area contributed by atoms with Gasteiger partial charge in [-0.3, -0.25) is 4.79 Å². The molecule has 3 aromatic rings. The van der Waals surface area contributed by atoms with Crippen molar-refractivity contribution >= 4 is 23.4 Å². The number of aromatic nitrogens is 4. The van der Waals surface area contributed by atoms with Crippen LogP contribution in [-0.4, -0.2) is 31.5 Å². The Morgan fingerprint density at radius 1 is 1.23 bits per heavy atom. The number of rotatable bonds is 6. The molecule has 132 valence electrons. The third-order valence-electron chi connectivity index (χ3n) is 4.19. The van der Waals surface area contributed by atoms with Crippen molar-refractivity contribution < 1.29 is 4.79 Å². The molecule has 1 aliphatic carbocycles. The molecule has 0 atom stereocenters. The predicted octanol–water partition coefficient (Wildman–Crippen LogP) is 2.29. The van der Waals surface area contributed by atoms with Crippen molar-refractivity contribution in [2.45, 2.75) is 18.9 Å². The van der Waals surface area contributed by atoms with Gasteiger partial charge in [-0.1, -0.05) is 0 Å². The van der Waals surface area contributed by atoms with E-state index in [2.05, 4.69) is 25.6 Å². The lowest BCUT2D eigenvalue weighted by atomic mass is 10.2. The first-order valence-corrected chi connectivity index (χ1v) is 8.38. The fourth-order valence-corrected chi connectivity index (χ4v) is 2.63. The van der Waals surface area contributed by atoms with Gasteiger partial charge < -0.3 is 20.9 Å². The Morgan fingerprint density at radius 2 is 2.00 bits per heavy atom. The molecule has 8 nitrogen and oxygen atoms in total. The molecule has 8 heteroatoms. The van der Waals surface area contributed by atoms with E-state index >= 15 is 0 Å². The molecule has 1 aromatic carbocycles. The van der Waals surface area contributed by atoms with Gasteiger partial charge in [0.25, 0.3) is 5.91 Å². The molecule has 0 unspecified atom stereocenters. The van der Waals surface area contributed by atoms with Crippen molar-refractivity contribution in [1.82, 2.24) is 19.5 Å². The molecular formula is C18H19N7O. The molecule has 0 radical (unpaired) electrons. The molecular weight excluding hydrogens is 330 g/mol. The van der Waals surface area contributed by atoms with Gasteiger partial charge in [0, 0.05) is 42.9 Å². The van der Waals surface area contributed by atoms with Crippen LogP contribution in [0.25, 0.3) is 11.4 Å². The number of amides is 1. The predicted molar refractivity (Wildman–Crippen MR) is 99.1 cm³/mol. The SMILES string of the molecule is Cn1ccnc1-c1ccc(Nc2ncc(C(N)=O)c(NC3CC3)n2)cc1. The molecule has 0 spiro atoms. The number of carbonyl (C=O) groups excluding carboxylic acids is 1. The highest BCUT2D eigenvalue weighted by atomic mass is 16.1. The topological polar surface area (TPSA) is 111 Å². The van der Waals surface area contributed by atoms with E-state index in [1.807, 2.05) is 42.1 Å². The monoisotopic (exact) mass is 349 g/mol. The van der Waals surface area contributed by atoms with E-state index in [0.29, 0.717) is 23.4 Å². The number of nitrogens with one attached hydrogen (secondary N) is 2. The molecule has 1 amide bonds. The van der Waals surface area contributed by atoms with Crippen molar-refractivity contribution in [3.63, 3.8) is 0 Å². The van der Waals surface area contributed by atoms with E-state index < -0.39 is 5.91 Å². The molecule has 0 bridgehead atoms. The zero-order chi connectivity index (χ0) is 18.1. The summed E-state index contributed by atoms with van der Waals surface area (Å²) in [6, 6.07) is 8.18. The smallest absolute Gasteiger partial charge is 0.254 e. The normalized spacial score (nSPS) is 13.4. The Hall–Kier alpha value is -3.42. The van der Waals surface area contributed by atoms with E-state index in [4.69, 9.17) is 5.73 Å². The first kappa shape index (κ1) is 16.1. The molecule has 26 heavy (non-hydrogen) atoms. The van der Waals surface area contributed by atoms with Crippen molar-refractivity contribution in [3.8, 4) is 11.4 Å². The lowest BCUT2D eigenvalue weighted by molar-refractivity contribution is 0.100. The number of hydrogen-bond acceptors (Lipinski definition) is 6. The van der Waals surface area contributed by atoms with Crippen LogP contribution in [0.4, 0.5) is 17.5 Å². The third kappa shape index (κ3) is 3.34. The minimum Gasteiger partial charge on any atom is -0.367 e. The highest BCUT2D eigenvalue weighted by molar-refractivity contribution is 5.97. The van der Waals surface area contributed by atoms with Crippen LogP contribution in [0.1, 0.15) is 23.2 Å². The molecule has 2 aromatic heterocycles. The standard InChI is InChI=1S/C18H19N7O/c1-25-9-8-20-17(25)11-2-4-13(5-3-11)23-18-21-10-14(15(19)26)16(24-18)22-12-6-7-12/h2-5,8-10,12H,6-7H2,1H3,(H2,19,26)(H2,21,22,23,24). The van der Waals surface area contributed by atoms with Crippen molar-refractivity contribution in [2.75, 3.05) is 10.6 Å². The molecule has 1 fully saturated rings. The first-order chi connectivity index (χ1) is 12.6. The minimum atomic E-state index is -0.542. The van der Waals surface area contributed by atoms with Crippen molar-refractivity contribution in [1.29, 1.82) is 0 Å². The summed E-state index contributed by atoms with van der Waals surface area (Å²) in [4.78, 5) is 24.5. The zero-order valence-corrected chi connectivity index (χ0v) is 14.3. The number of aryl methyl sites for hydroxylation is 1. The first-order valence-electron chi connectivity index (χ1n) is 8.38. The molecule has 2 heterocycles. The van der Waals surface area contributed by atoms with Crippen LogP contribution in [-0.2, 0) is 7.05 Å². The lowest BCUT2D eigenvalue weighted by Gasteiger charge is -2.11. The quantitative estimate of drug-likeness (QED) is 0.630. The average molecular weight is 349 g/mol. The zero-order valence-electron chi connectivity index (χ0n) is 14.3. The van der Waals surface area contributed by atoms with Crippen LogP contribution in [0, 0.1) is 0 Å². The fraction of sp³-hybridized carbons (Fsp3) is 0.222. The highest BCUT2D eigenvalue weighted by Crippen LogP contribution is 2.27. The second-order valence-corrected chi connectivity index (χ2v) is 6.30. The summed E-state index contributed by atoms with van der Waals surface area (Å²) < 4.78 is 1.96. The van der Waals surface area contributed by atoms with Gasteiger partial charge in [-0.25, -0.2) is 9.97 Å². The van der Waals surface area contributed by atoms with Crippen LogP contribution < -0.4 is 16.4 Å². The Bertz CT molecular complexity index is 944. The van der Waals surface area contributed by atoms with Gasteiger partial charge in [0.2, 0.25) is 5.95 Å². The second kappa shape index (κ2) is 6.47. The lowest BCUT2D eigenvalue weighted by Crippen LogP contribution is -2.17. The maximum Gasteiger partial charge on any atom is 0.254 e. The van der Waals surface area contributed by atoms with Gasteiger partial charge >= 0.3 is 0 Å². The second-order valence-electron chi connectivity index (χ2n) is 6.30. The Morgan fingerprint density at radius 3 is 2.62 bits per heavy atom. The molecule has 0 saturated heterocycles. The number of primary amides is 1. The van der Waals surface area contributed by atoms with Gasteiger partial charge in [-0.2, -0.15) is 4.98 Å². The number of nitrogens with two attached hydrogens (primary N) is 1. The number of benzene rings is 1. The molecule has 1 aliphatic rings. The largest absolute Gasteiger partial charge is 0.367 e. The van der Waals surface area contributed by atoms with E-state index in [9.17, 15) is 4.79 Å². The van der Waals surface area contributed by atoms with E-state index in [1.165, 1.54) is 6.20 Å². The highest BCUT2D eigenvalue weighted by Gasteiger charge is 2.24. The van der Waals surface area contributed by atoms with Gasteiger partial charge in [0.1, 0.15) is 11.6 Å². The van der Waals surface area contributed by atoms with E-state index in [1.54, 1.807) is 6.20 Å². The summed E-state index contributed by atoms with van der Waals surface area (Å²) >= 11 is 0. The van der Waals surface area contributed by atoms with E-state index in [-0.39, 0.29) is 0 Å². The minimum absolute atomic E-state index is 0.299. The molecule has 0 aliphatic heterocycles. The van der Waals surface area contributed by atoms with Crippen LogP contribution in [0.3, 0.4) is 0 Å². The summed E-state index contributed by atoms with van der Waals surface area (Å²) in [6.07, 6.45) is 7.26. The number of imidazole rings is 1. The van der Waals surface area contributed by atoms with Crippen molar-refractivity contribution in [3.05, 3.63) is 48.4 Å². The summed E-state index contributed by atoms with van der Waals surface area (Å²) in [6.45, 7) is 0. The fourth-order valence-electron chi connectivity index (χ4n) is 2.63. The Labute approximate surface area is 150 Å². The van der Waals surface area contributed by atoms with Crippen LogP contribution in [0.2, 0.25) is 0 Å². The van der Waals surface area contributed by atoms with E-state index in [0.717, 1.165) is 29.9 Å². The molecule has 4 N–H and O–H groups in total. The van der Waals surface area contributed by atoms with Crippen molar-refractivity contribution in [2.24, 2.45) is 12.8 Å². The number of hydrogen-bond donors (Lipinski definition) is 3. The number of nitrogens with zero attached hydrogens (tertiary/aromatic N) is 4. The summed E-state index contributed by atoms with van der Waals surface area (Å²) in [5.41, 5.74) is 7.56. The number of carbonyl (C=O) groups is 1. The maximum atomic E-state index is 11.5. The Kier molecular flexibility index (Phi) is 4.00.